The number of thiazole rings is 1. The van der Waals surface area contributed by atoms with Gasteiger partial charge in [0.15, 0.2) is 5.13 Å². The molecule has 4 nitrogen and oxygen atoms in total. The van der Waals surface area contributed by atoms with E-state index >= 15 is 0 Å². The zero-order valence-electron chi connectivity index (χ0n) is 14.1. The van der Waals surface area contributed by atoms with Gasteiger partial charge >= 0.3 is 0 Å². The number of nitrogens with zero attached hydrogens (tertiary/aromatic N) is 2. The van der Waals surface area contributed by atoms with Crippen LogP contribution in [-0.4, -0.2) is 24.0 Å². The number of benzene rings is 1. The maximum absolute atomic E-state index is 11.9. The molecule has 2 aromatic rings. The number of carbonyl (C=O) groups excluding carboxylic acids is 1. The van der Waals surface area contributed by atoms with Crippen molar-refractivity contribution in [2.75, 3.05) is 23.3 Å². The van der Waals surface area contributed by atoms with Crippen LogP contribution in [0.5, 0.6) is 0 Å². The quantitative estimate of drug-likeness (QED) is 0.757. The van der Waals surface area contributed by atoms with Gasteiger partial charge < -0.3 is 10.2 Å². The molecule has 23 heavy (non-hydrogen) atoms. The van der Waals surface area contributed by atoms with E-state index in [1.807, 2.05) is 24.3 Å². The number of rotatable bonds is 8. The number of nitrogens with one attached hydrogen (secondary N) is 1. The van der Waals surface area contributed by atoms with Gasteiger partial charge in [0.25, 0.3) is 0 Å². The van der Waals surface area contributed by atoms with Crippen LogP contribution in [0, 0.1) is 0 Å². The molecule has 0 spiro atoms. The van der Waals surface area contributed by atoms with Crippen molar-refractivity contribution in [1.82, 2.24) is 4.98 Å². The predicted octanol–water partition coefficient (Wildman–Crippen LogP) is 4.79. The van der Waals surface area contributed by atoms with Crippen LogP contribution >= 0.6 is 11.3 Å². The van der Waals surface area contributed by atoms with Gasteiger partial charge in [0.2, 0.25) is 5.91 Å². The number of anilines is 2. The summed E-state index contributed by atoms with van der Waals surface area (Å²) >= 11 is 1.66. The maximum atomic E-state index is 11.9. The van der Waals surface area contributed by atoms with Gasteiger partial charge in [0, 0.05) is 36.1 Å². The van der Waals surface area contributed by atoms with Crippen molar-refractivity contribution >= 4 is 28.1 Å². The highest BCUT2D eigenvalue weighted by molar-refractivity contribution is 7.14. The molecule has 0 radical (unpaired) electrons. The highest BCUT2D eigenvalue weighted by Gasteiger charge is 2.10. The predicted molar refractivity (Wildman–Crippen MR) is 99.3 cm³/mol. The van der Waals surface area contributed by atoms with Gasteiger partial charge in [-0.15, -0.1) is 11.3 Å². The molecule has 0 aliphatic heterocycles. The van der Waals surface area contributed by atoms with Crippen molar-refractivity contribution in [1.29, 1.82) is 0 Å². The van der Waals surface area contributed by atoms with E-state index in [1.165, 1.54) is 0 Å². The standard InChI is InChI=1S/C18H25N3OS/c1-4-7-11-17(22)19-15-10-8-9-14(12-15)16-13-23-18(20-16)21(5-2)6-3/h8-10,12-13H,4-7,11H2,1-3H3,(H,19,22). The summed E-state index contributed by atoms with van der Waals surface area (Å²) in [5.41, 5.74) is 2.83. The molecule has 1 heterocycles. The first-order valence-electron chi connectivity index (χ1n) is 8.28. The molecule has 0 fully saturated rings. The Balaban J connectivity index is 2.12. The van der Waals surface area contributed by atoms with Crippen LogP contribution in [0.2, 0.25) is 0 Å². The Bertz CT molecular complexity index is 635. The number of aromatic nitrogens is 1. The van der Waals surface area contributed by atoms with Crippen LogP contribution in [0.4, 0.5) is 10.8 Å². The lowest BCUT2D eigenvalue weighted by atomic mass is 10.1. The minimum absolute atomic E-state index is 0.0751. The maximum Gasteiger partial charge on any atom is 0.224 e. The first kappa shape index (κ1) is 17.5. The molecule has 1 aromatic heterocycles. The number of hydrogen-bond donors (Lipinski definition) is 1. The Kier molecular flexibility index (Phi) is 6.59. The van der Waals surface area contributed by atoms with Crippen molar-refractivity contribution in [3.05, 3.63) is 29.6 Å². The zero-order valence-corrected chi connectivity index (χ0v) is 14.9. The number of unbranched alkanes of at least 4 members (excludes halogenated alkanes) is 1. The molecule has 1 aromatic carbocycles. The molecule has 2 rings (SSSR count). The molecule has 0 aliphatic carbocycles. The summed E-state index contributed by atoms with van der Waals surface area (Å²) in [6.45, 7) is 8.27. The Morgan fingerprint density at radius 1 is 1.26 bits per heavy atom. The molecule has 1 amide bonds. The van der Waals surface area contributed by atoms with E-state index in [1.54, 1.807) is 11.3 Å². The zero-order chi connectivity index (χ0) is 16.7. The summed E-state index contributed by atoms with van der Waals surface area (Å²) in [5, 5.41) is 6.08. The second-order valence-corrected chi connectivity index (χ2v) is 6.26. The van der Waals surface area contributed by atoms with Crippen LogP contribution in [0.1, 0.15) is 40.0 Å². The first-order valence-corrected chi connectivity index (χ1v) is 9.16. The smallest absolute Gasteiger partial charge is 0.224 e. The van der Waals surface area contributed by atoms with Gasteiger partial charge in [0.05, 0.1) is 5.69 Å². The minimum atomic E-state index is 0.0751. The third-order valence-electron chi connectivity index (χ3n) is 3.73. The molecular formula is C18H25N3OS. The molecule has 0 unspecified atom stereocenters. The Labute approximate surface area is 142 Å². The Morgan fingerprint density at radius 3 is 2.74 bits per heavy atom. The lowest BCUT2D eigenvalue weighted by Crippen LogP contribution is -2.21. The van der Waals surface area contributed by atoms with Gasteiger partial charge in [-0.05, 0) is 32.4 Å². The van der Waals surface area contributed by atoms with Gasteiger partial charge in [-0.2, -0.15) is 0 Å². The van der Waals surface area contributed by atoms with Gasteiger partial charge in [0.1, 0.15) is 0 Å². The third kappa shape index (κ3) is 4.79. The van der Waals surface area contributed by atoms with Crippen molar-refractivity contribution in [2.24, 2.45) is 0 Å². The highest BCUT2D eigenvalue weighted by atomic mass is 32.1. The molecule has 124 valence electrons. The topological polar surface area (TPSA) is 45.2 Å². The molecule has 0 aliphatic rings. The lowest BCUT2D eigenvalue weighted by Gasteiger charge is -2.16. The van der Waals surface area contributed by atoms with E-state index in [0.717, 1.165) is 48.0 Å². The first-order chi connectivity index (χ1) is 11.2. The number of carbonyl (C=O) groups is 1. The SMILES string of the molecule is CCCCC(=O)Nc1cccc(-c2csc(N(CC)CC)n2)c1. The van der Waals surface area contributed by atoms with Crippen molar-refractivity contribution < 1.29 is 4.79 Å². The average molecular weight is 331 g/mol. The molecule has 0 bridgehead atoms. The fourth-order valence-electron chi connectivity index (χ4n) is 2.35. The Morgan fingerprint density at radius 2 is 2.04 bits per heavy atom. The van der Waals surface area contributed by atoms with Crippen LogP contribution in [0.25, 0.3) is 11.3 Å². The fraction of sp³-hybridized carbons (Fsp3) is 0.444. The van der Waals surface area contributed by atoms with Crippen LogP contribution in [-0.2, 0) is 4.79 Å². The van der Waals surface area contributed by atoms with Crippen LogP contribution < -0.4 is 10.2 Å². The summed E-state index contributed by atoms with van der Waals surface area (Å²) in [5.74, 6) is 0.0751. The second kappa shape index (κ2) is 8.67. The highest BCUT2D eigenvalue weighted by Crippen LogP contribution is 2.28. The van der Waals surface area contributed by atoms with Crippen LogP contribution in [0.15, 0.2) is 29.6 Å². The van der Waals surface area contributed by atoms with Gasteiger partial charge in [-0.3, -0.25) is 4.79 Å². The molecule has 0 atom stereocenters. The van der Waals surface area contributed by atoms with Crippen molar-refractivity contribution in [2.45, 2.75) is 40.0 Å². The second-order valence-electron chi connectivity index (χ2n) is 5.42. The summed E-state index contributed by atoms with van der Waals surface area (Å²) in [4.78, 5) is 18.8. The lowest BCUT2D eigenvalue weighted by molar-refractivity contribution is -0.116. The molecule has 0 saturated carbocycles. The van der Waals surface area contributed by atoms with E-state index < -0.39 is 0 Å². The normalized spacial score (nSPS) is 10.6. The molecular weight excluding hydrogens is 306 g/mol. The summed E-state index contributed by atoms with van der Waals surface area (Å²) in [6.07, 6.45) is 2.52. The van der Waals surface area contributed by atoms with E-state index in [4.69, 9.17) is 4.98 Å². The largest absolute Gasteiger partial charge is 0.349 e. The fourth-order valence-corrected chi connectivity index (χ4v) is 3.32. The summed E-state index contributed by atoms with van der Waals surface area (Å²) in [7, 11) is 0. The molecule has 1 N–H and O–H groups in total. The van der Waals surface area contributed by atoms with E-state index in [-0.39, 0.29) is 5.91 Å². The van der Waals surface area contributed by atoms with Gasteiger partial charge in [-0.25, -0.2) is 4.98 Å². The minimum Gasteiger partial charge on any atom is -0.349 e. The summed E-state index contributed by atoms with van der Waals surface area (Å²) < 4.78 is 0. The van der Waals surface area contributed by atoms with E-state index in [9.17, 15) is 4.79 Å². The molecule has 0 saturated heterocycles. The number of amides is 1. The molecule has 5 heteroatoms. The number of hydrogen-bond acceptors (Lipinski definition) is 4. The van der Waals surface area contributed by atoms with Gasteiger partial charge in [-0.1, -0.05) is 25.5 Å². The van der Waals surface area contributed by atoms with E-state index in [0.29, 0.717) is 6.42 Å². The van der Waals surface area contributed by atoms with Crippen LogP contribution in [0.3, 0.4) is 0 Å². The monoisotopic (exact) mass is 331 g/mol. The third-order valence-corrected chi connectivity index (χ3v) is 4.63. The van der Waals surface area contributed by atoms with Crippen molar-refractivity contribution in [3.63, 3.8) is 0 Å². The van der Waals surface area contributed by atoms with Crippen molar-refractivity contribution in [3.8, 4) is 11.3 Å². The van der Waals surface area contributed by atoms with E-state index in [2.05, 4.69) is 36.4 Å². The average Bonchev–Trinajstić information content (AvgIpc) is 3.04. The summed E-state index contributed by atoms with van der Waals surface area (Å²) in [6, 6.07) is 7.90. The Hall–Kier alpha value is -1.88.